The van der Waals surface area contributed by atoms with Crippen LogP contribution in [-0.2, 0) is 17.4 Å². The van der Waals surface area contributed by atoms with Gasteiger partial charge >= 0.3 is 6.18 Å². The molecule has 3 rings (SSSR count). The van der Waals surface area contributed by atoms with Crippen molar-refractivity contribution >= 4 is 23.3 Å². The summed E-state index contributed by atoms with van der Waals surface area (Å²) in [6.45, 7) is 2.60. The highest BCUT2D eigenvalue weighted by atomic mass is 32.1. The molecular weight excluding hydrogens is 335 g/mol. The topological polar surface area (TPSA) is 20.3 Å². The Kier molecular flexibility index (Phi) is 4.49. The van der Waals surface area contributed by atoms with Gasteiger partial charge in [-0.05, 0) is 54.1 Å². The van der Waals surface area contributed by atoms with Gasteiger partial charge in [0.05, 0.1) is 11.6 Å². The highest BCUT2D eigenvalue weighted by Gasteiger charge is 2.30. The number of fused-ring (bicyclic) bond motifs is 1. The maximum absolute atomic E-state index is 12.7. The molecule has 24 heavy (non-hydrogen) atoms. The summed E-state index contributed by atoms with van der Waals surface area (Å²) in [6.07, 6.45) is -0.776. The summed E-state index contributed by atoms with van der Waals surface area (Å²) in [4.78, 5) is 15.5. The largest absolute Gasteiger partial charge is 0.416 e. The first kappa shape index (κ1) is 16.8. The van der Waals surface area contributed by atoms with Gasteiger partial charge in [-0.15, -0.1) is 11.3 Å². The number of amides is 1. The molecule has 1 aromatic heterocycles. The van der Waals surface area contributed by atoms with Crippen molar-refractivity contribution in [1.29, 1.82) is 0 Å². The van der Waals surface area contributed by atoms with Gasteiger partial charge in [0, 0.05) is 17.5 Å². The lowest BCUT2D eigenvalue weighted by molar-refractivity contribution is -0.137. The van der Waals surface area contributed by atoms with Gasteiger partial charge in [-0.2, -0.15) is 13.2 Å². The van der Waals surface area contributed by atoms with Crippen LogP contribution in [0.3, 0.4) is 0 Å². The van der Waals surface area contributed by atoms with Crippen molar-refractivity contribution in [3.63, 3.8) is 0 Å². The van der Waals surface area contributed by atoms with E-state index in [1.54, 1.807) is 22.3 Å². The minimum atomic E-state index is -4.38. The Morgan fingerprint density at radius 1 is 1.33 bits per heavy atom. The lowest BCUT2D eigenvalue weighted by atomic mass is 10.0. The molecule has 0 radical (unpaired) electrons. The summed E-state index contributed by atoms with van der Waals surface area (Å²) < 4.78 is 38.2. The number of hydrogen-bond acceptors (Lipinski definition) is 2. The molecule has 1 aliphatic rings. The van der Waals surface area contributed by atoms with Crippen LogP contribution >= 0.6 is 11.3 Å². The third-order valence-corrected chi connectivity index (χ3v) is 5.19. The molecule has 1 amide bonds. The molecule has 0 spiro atoms. The first-order valence-electron chi connectivity index (χ1n) is 7.58. The fourth-order valence-corrected chi connectivity index (χ4v) is 3.86. The molecule has 126 valence electrons. The van der Waals surface area contributed by atoms with E-state index in [2.05, 4.69) is 0 Å². The second kappa shape index (κ2) is 6.43. The molecule has 2 aromatic rings. The van der Waals surface area contributed by atoms with Gasteiger partial charge in [0.25, 0.3) is 0 Å². The fourth-order valence-electron chi connectivity index (χ4n) is 2.89. The van der Waals surface area contributed by atoms with Gasteiger partial charge in [-0.3, -0.25) is 4.79 Å². The number of rotatable bonds is 2. The number of nitrogens with zero attached hydrogens (tertiary/aromatic N) is 1. The van der Waals surface area contributed by atoms with Crippen molar-refractivity contribution < 1.29 is 18.0 Å². The molecule has 2 heterocycles. The van der Waals surface area contributed by atoms with Crippen molar-refractivity contribution in [1.82, 2.24) is 4.90 Å². The number of benzene rings is 1. The van der Waals surface area contributed by atoms with Crippen LogP contribution in [0.5, 0.6) is 0 Å². The lowest BCUT2D eigenvalue weighted by Gasteiger charge is -2.32. The first-order chi connectivity index (χ1) is 11.4. The van der Waals surface area contributed by atoms with E-state index in [1.165, 1.54) is 23.1 Å². The maximum Gasteiger partial charge on any atom is 0.416 e. The molecule has 6 heteroatoms. The van der Waals surface area contributed by atoms with Crippen molar-refractivity contribution in [2.75, 3.05) is 6.54 Å². The Hall–Kier alpha value is -2.08. The summed E-state index contributed by atoms with van der Waals surface area (Å²) in [5, 5.41) is 2.02. The van der Waals surface area contributed by atoms with Gasteiger partial charge in [0.2, 0.25) is 5.91 Å². The van der Waals surface area contributed by atoms with Gasteiger partial charge in [0.1, 0.15) is 0 Å². The smallest absolute Gasteiger partial charge is 0.332 e. The normalized spacial score (nSPS) is 18.0. The quantitative estimate of drug-likeness (QED) is 0.703. The van der Waals surface area contributed by atoms with Crippen LogP contribution in [-0.4, -0.2) is 17.4 Å². The molecule has 1 atom stereocenters. The molecule has 0 bridgehead atoms. The van der Waals surface area contributed by atoms with Crippen molar-refractivity contribution in [2.45, 2.75) is 25.6 Å². The standard InChI is InChI=1S/C18H16F3NOS/c1-12-15-8-10-24-16(15)7-9-22(12)17(23)6-5-13-3-2-4-14(11-13)18(19,20)21/h2-6,8,10-12H,7,9H2,1H3/b6-5+. The average molecular weight is 351 g/mol. The van der Waals surface area contributed by atoms with Crippen LogP contribution in [0, 0.1) is 0 Å². The van der Waals surface area contributed by atoms with E-state index in [-0.39, 0.29) is 11.9 Å². The molecular formula is C18H16F3NOS. The summed E-state index contributed by atoms with van der Waals surface area (Å²) >= 11 is 1.69. The van der Waals surface area contributed by atoms with E-state index in [1.807, 2.05) is 18.4 Å². The number of halogens is 3. The van der Waals surface area contributed by atoms with E-state index < -0.39 is 11.7 Å². The fraction of sp³-hybridized carbons (Fsp3) is 0.278. The third-order valence-electron chi connectivity index (χ3n) is 4.19. The SMILES string of the molecule is CC1c2ccsc2CCN1C(=O)/C=C/c1cccc(C(F)(F)F)c1. The monoisotopic (exact) mass is 351 g/mol. The number of thiophene rings is 1. The molecule has 0 saturated carbocycles. The first-order valence-corrected chi connectivity index (χ1v) is 8.46. The molecule has 1 aliphatic heterocycles. The van der Waals surface area contributed by atoms with Gasteiger partial charge in [0.15, 0.2) is 0 Å². The Labute approximate surface area is 142 Å². The van der Waals surface area contributed by atoms with Crippen molar-refractivity contribution in [3.05, 3.63) is 63.4 Å². The molecule has 2 nitrogen and oxygen atoms in total. The summed E-state index contributed by atoms with van der Waals surface area (Å²) in [6, 6.07) is 6.97. The van der Waals surface area contributed by atoms with E-state index in [4.69, 9.17) is 0 Å². The molecule has 0 saturated heterocycles. The van der Waals surface area contributed by atoms with E-state index in [0.717, 1.165) is 24.1 Å². The van der Waals surface area contributed by atoms with Crippen LogP contribution in [0.1, 0.15) is 34.5 Å². The highest BCUT2D eigenvalue weighted by molar-refractivity contribution is 7.10. The third kappa shape index (κ3) is 3.38. The molecule has 0 fully saturated rings. The van der Waals surface area contributed by atoms with Gasteiger partial charge < -0.3 is 4.90 Å². The predicted molar refractivity (Wildman–Crippen MR) is 88.6 cm³/mol. The molecule has 0 N–H and O–H groups in total. The minimum Gasteiger partial charge on any atom is -0.332 e. The van der Waals surface area contributed by atoms with Crippen LogP contribution < -0.4 is 0 Å². The summed E-state index contributed by atoms with van der Waals surface area (Å²) in [5.41, 5.74) is 0.803. The zero-order chi connectivity index (χ0) is 17.3. The number of alkyl halides is 3. The van der Waals surface area contributed by atoms with Gasteiger partial charge in [-0.25, -0.2) is 0 Å². The predicted octanol–water partition coefficient (Wildman–Crippen LogP) is 4.93. The van der Waals surface area contributed by atoms with E-state index in [0.29, 0.717) is 12.1 Å². The molecule has 0 aliphatic carbocycles. The van der Waals surface area contributed by atoms with Crippen LogP contribution in [0.4, 0.5) is 13.2 Å². The second-order valence-electron chi connectivity index (χ2n) is 5.71. The number of carbonyl (C=O) groups excluding carboxylic acids is 1. The Balaban J connectivity index is 1.75. The molecule has 1 aromatic carbocycles. The van der Waals surface area contributed by atoms with Crippen molar-refractivity contribution in [3.8, 4) is 0 Å². The highest BCUT2D eigenvalue weighted by Crippen LogP contribution is 2.33. The Morgan fingerprint density at radius 2 is 2.12 bits per heavy atom. The van der Waals surface area contributed by atoms with Gasteiger partial charge in [-0.1, -0.05) is 12.1 Å². The maximum atomic E-state index is 12.7. The lowest BCUT2D eigenvalue weighted by Crippen LogP contribution is -2.37. The van der Waals surface area contributed by atoms with E-state index >= 15 is 0 Å². The van der Waals surface area contributed by atoms with Crippen LogP contribution in [0.25, 0.3) is 6.08 Å². The molecule has 1 unspecified atom stereocenters. The zero-order valence-electron chi connectivity index (χ0n) is 13.0. The van der Waals surface area contributed by atoms with Crippen molar-refractivity contribution in [2.24, 2.45) is 0 Å². The van der Waals surface area contributed by atoms with Crippen LogP contribution in [0.2, 0.25) is 0 Å². The summed E-state index contributed by atoms with van der Waals surface area (Å²) in [5.74, 6) is -0.184. The Morgan fingerprint density at radius 3 is 2.88 bits per heavy atom. The van der Waals surface area contributed by atoms with Crippen LogP contribution in [0.15, 0.2) is 41.8 Å². The van der Waals surface area contributed by atoms with E-state index in [9.17, 15) is 18.0 Å². The number of carbonyl (C=O) groups is 1. The average Bonchev–Trinajstić information content (AvgIpc) is 3.02. The Bertz CT molecular complexity index is 779. The second-order valence-corrected chi connectivity index (χ2v) is 6.71. The number of hydrogen-bond donors (Lipinski definition) is 0. The minimum absolute atomic E-state index is 0.0151. The summed E-state index contributed by atoms with van der Waals surface area (Å²) in [7, 11) is 0. The zero-order valence-corrected chi connectivity index (χ0v) is 13.8.